The molecular weight excluding hydrogens is 310 g/mol. The van der Waals surface area contributed by atoms with Crippen molar-refractivity contribution in [2.45, 2.75) is 39.1 Å². The summed E-state index contributed by atoms with van der Waals surface area (Å²) in [5, 5.41) is 0. The van der Waals surface area contributed by atoms with E-state index < -0.39 is 0 Å². The Hall–Kier alpha value is -2.17. The normalized spacial score (nSPS) is 21.7. The Bertz CT molecular complexity index is 833. The molecule has 2 atom stereocenters. The zero-order chi connectivity index (χ0) is 17.2. The topological polar surface area (TPSA) is 30.3 Å². The predicted molar refractivity (Wildman–Crippen MR) is 101 cm³/mol. The maximum Gasteiger partial charge on any atom is 0.124 e. The molecule has 0 saturated carbocycles. The highest BCUT2D eigenvalue weighted by Crippen LogP contribution is 2.21. The van der Waals surface area contributed by atoms with Gasteiger partial charge in [0.2, 0.25) is 0 Å². The van der Waals surface area contributed by atoms with E-state index in [9.17, 15) is 0 Å². The van der Waals surface area contributed by atoms with Gasteiger partial charge in [-0.3, -0.25) is 4.90 Å². The molecule has 1 aromatic heterocycles. The lowest BCUT2D eigenvalue weighted by Crippen LogP contribution is -2.45. The van der Waals surface area contributed by atoms with Crippen molar-refractivity contribution in [3.8, 4) is 0 Å². The number of ether oxygens (including phenoxy) is 1. The van der Waals surface area contributed by atoms with E-state index >= 15 is 0 Å². The van der Waals surface area contributed by atoms with Crippen molar-refractivity contribution in [1.29, 1.82) is 0 Å². The lowest BCUT2D eigenvalue weighted by molar-refractivity contribution is -0.0712. The monoisotopic (exact) mass is 335 g/mol. The molecule has 1 aliphatic rings. The molecule has 0 N–H and O–H groups in total. The van der Waals surface area contributed by atoms with Crippen molar-refractivity contribution in [3.63, 3.8) is 0 Å². The van der Waals surface area contributed by atoms with Crippen LogP contribution < -0.4 is 0 Å². The number of imidazole rings is 1. The van der Waals surface area contributed by atoms with Gasteiger partial charge < -0.3 is 9.30 Å². The number of fused-ring (bicyclic) bond motifs is 1. The fourth-order valence-corrected chi connectivity index (χ4v) is 3.80. The Labute approximate surface area is 149 Å². The van der Waals surface area contributed by atoms with Gasteiger partial charge in [0.15, 0.2) is 0 Å². The average Bonchev–Trinajstić information content (AvgIpc) is 2.92. The summed E-state index contributed by atoms with van der Waals surface area (Å²) < 4.78 is 8.23. The molecule has 1 aliphatic heterocycles. The third-order valence-corrected chi connectivity index (χ3v) is 4.78. The third kappa shape index (κ3) is 3.60. The van der Waals surface area contributed by atoms with Crippen LogP contribution in [0.25, 0.3) is 11.0 Å². The molecule has 4 rings (SSSR count). The Morgan fingerprint density at radius 2 is 1.60 bits per heavy atom. The zero-order valence-electron chi connectivity index (χ0n) is 14.9. The van der Waals surface area contributed by atoms with E-state index in [1.54, 1.807) is 0 Å². The van der Waals surface area contributed by atoms with Crippen molar-refractivity contribution in [3.05, 3.63) is 66.0 Å². The average molecular weight is 335 g/mol. The minimum atomic E-state index is 0.274. The first-order valence-electron chi connectivity index (χ1n) is 9.05. The molecule has 4 nitrogen and oxygen atoms in total. The minimum Gasteiger partial charge on any atom is -0.373 e. The summed E-state index contributed by atoms with van der Waals surface area (Å²) in [7, 11) is 0. The standard InChI is InChI=1S/C21H25N3O/c1-16-12-23(13-17(2)25-16)15-21-22-19-10-6-7-11-20(19)24(21)14-18-8-4-3-5-9-18/h3-11,16-17H,12-15H2,1-2H3. The first kappa shape index (κ1) is 16.3. The fourth-order valence-electron chi connectivity index (χ4n) is 3.80. The second kappa shape index (κ2) is 6.98. The first-order chi connectivity index (χ1) is 12.2. The molecule has 2 heterocycles. The molecule has 25 heavy (non-hydrogen) atoms. The lowest BCUT2D eigenvalue weighted by Gasteiger charge is -2.35. The van der Waals surface area contributed by atoms with Crippen LogP contribution in [0.2, 0.25) is 0 Å². The Morgan fingerprint density at radius 1 is 0.920 bits per heavy atom. The molecule has 0 amide bonds. The van der Waals surface area contributed by atoms with Crippen LogP contribution in [0.5, 0.6) is 0 Å². The van der Waals surface area contributed by atoms with Gasteiger partial charge in [0.05, 0.1) is 29.8 Å². The van der Waals surface area contributed by atoms with Crippen molar-refractivity contribution < 1.29 is 4.74 Å². The van der Waals surface area contributed by atoms with Gasteiger partial charge in [0, 0.05) is 19.6 Å². The van der Waals surface area contributed by atoms with Crippen LogP contribution in [0.4, 0.5) is 0 Å². The quantitative estimate of drug-likeness (QED) is 0.728. The number of morpholine rings is 1. The van der Waals surface area contributed by atoms with E-state index in [-0.39, 0.29) is 12.2 Å². The van der Waals surface area contributed by atoms with Gasteiger partial charge in [-0.15, -0.1) is 0 Å². The van der Waals surface area contributed by atoms with Gasteiger partial charge in [-0.1, -0.05) is 42.5 Å². The smallest absolute Gasteiger partial charge is 0.124 e. The molecule has 2 aromatic carbocycles. The van der Waals surface area contributed by atoms with E-state index in [0.717, 1.165) is 37.5 Å². The van der Waals surface area contributed by atoms with Gasteiger partial charge in [-0.25, -0.2) is 4.98 Å². The van der Waals surface area contributed by atoms with Crippen LogP contribution in [-0.4, -0.2) is 39.7 Å². The second-order valence-electron chi connectivity index (χ2n) is 7.04. The van der Waals surface area contributed by atoms with Crippen LogP contribution in [-0.2, 0) is 17.8 Å². The predicted octanol–water partition coefficient (Wildman–Crippen LogP) is 3.69. The van der Waals surface area contributed by atoms with Crippen LogP contribution in [0, 0.1) is 0 Å². The van der Waals surface area contributed by atoms with Crippen molar-refractivity contribution in [2.24, 2.45) is 0 Å². The second-order valence-corrected chi connectivity index (χ2v) is 7.04. The highest BCUT2D eigenvalue weighted by molar-refractivity contribution is 5.76. The highest BCUT2D eigenvalue weighted by Gasteiger charge is 2.24. The van der Waals surface area contributed by atoms with Crippen molar-refractivity contribution in [2.75, 3.05) is 13.1 Å². The first-order valence-corrected chi connectivity index (χ1v) is 9.05. The Kier molecular flexibility index (Phi) is 4.55. The molecule has 2 unspecified atom stereocenters. The number of hydrogen-bond donors (Lipinski definition) is 0. The SMILES string of the molecule is CC1CN(Cc2nc3ccccc3n2Cc2ccccc2)CC(C)O1. The summed E-state index contributed by atoms with van der Waals surface area (Å²) in [6.07, 6.45) is 0.548. The number of benzene rings is 2. The summed E-state index contributed by atoms with van der Waals surface area (Å²) in [4.78, 5) is 7.39. The summed E-state index contributed by atoms with van der Waals surface area (Å²) >= 11 is 0. The van der Waals surface area contributed by atoms with Crippen LogP contribution in [0.15, 0.2) is 54.6 Å². The molecule has 130 valence electrons. The summed E-state index contributed by atoms with van der Waals surface area (Å²) in [6.45, 7) is 7.93. The van der Waals surface area contributed by atoms with E-state index in [4.69, 9.17) is 9.72 Å². The molecule has 0 spiro atoms. The molecule has 4 heteroatoms. The maximum absolute atomic E-state index is 5.87. The Morgan fingerprint density at radius 3 is 2.36 bits per heavy atom. The molecule has 1 fully saturated rings. The minimum absolute atomic E-state index is 0.274. The maximum atomic E-state index is 5.87. The van der Waals surface area contributed by atoms with Gasteiger partial charge in [0.1, 0.15) is 5.82 Å². The van der Waals surface area contributed by atoms with E-state index in [2.05, 4.69) is 77.9 Å². The number of nitrogens with zero attached hydrogens (tertiary/aromatic N) is 3. The number of hydrogen-bond acceptors (Lipinski definition) is 3. The van der Waals surface area contributed by atoms with Gasteiger partial charge in [-0.05, 0) is 31.5 Å². The van der Waals surface area contributed by atoms with E-state index in [0.29, 0.717) is 0 Å². The fraction of sp³-hybridized carbons (Fsp3) is 0.381. The lowest BCUT2D eigenvalue weighted by atomic mass is 10.2. The van der Waals surface area contributed by atoms with Crippen LogP contribution in [0.3, 0.4) is 0 Å². The number of para-hydroxylation sites is 2. The summed E-state index contributed by atoms with van der Waals surface area (Å²) in [6, 6.07) is 19.0. The summed E-state index contributed by atoms with van der Waals surface area (Å²) in [5.41, 5.74) is 3.58. The number of aromatic nitrogens is 2. The third-order valence-electron chi connectivity index (χ3n) is 4.78. The van der Waals surface area contributed by atoms with Crippen LogP contribution in [0.1, 0.15) is 25.2 Å². The molecule has 0 bridgehead atoms. The van der Waals surface area contributed by atoms with Gasteiger partial charge in [-0.2, -0.15) is 0 Å². The van der Waals surface area contributed by atoms with Gasteiger partial charge in [0.25, 0.3) is 0 Å². The number of rotatable bonds is 4. The molecule has 0 aliphatic carbocycles. The summed E-state index contributed by atoms with van der Waals surface area (Å²) in [5.74, 6) is 1.13. The van der Waals surface area contributed by atoms with Crippen molar-refractivity contribution >= 4 is 11.0 Å². The van der Waals surface area contributed by atoms with E-state index in [1.165, 1.54) is 11.1 Å². The van der Waals surface area contributed by atoms with Crippen molar-refractivity contribution in [1.82, 2.24) is 14.5 Å². The molecular formula is C21H25N3O. The molecule has 1 saturated heterocycles. The van der Waals surface area contributed by atoms with Crippen LogP contribution >= 0.6 is 0 Å². The Balaban J connectivity index is 1.66. The largest absolute Gasteiger partial charge is 0.373 e. The molecule has 0 radical (unpaired) electrons. The zero-order valence-corrected chi connectivity index (χ0v) is 14.9. The van der Waals surface area contributed by atoms with Gasteiger partial charge >= 0.3 is 0 Å². The van der Waals surface area contributed by atoms with E-state index in [1.807, 2.05) is 0 Å². The highest BCUT2D eigenvalue weighted by atomic mass is 16.5. The molecule has 3 aromatic rings.